The van der Waals surface area contributed by atoms with E-state index in [0.717, 1.165) is 6.54 Å². The maximum absolute atomic E-state index is 11.6. The van der Waals surface area contributed by atoms with Gasteiger partial charge in [0, 0.05) is 26.7 Å². The molecule has 0 aromatic rings. The number of hydrogen-bond donors (Lipinski definition) is 1. The number of imide groups is 1. The fraction of sp³-hybridized carbons (Fsp3) is 0.800. The number of rotatable bonds is 6. The van der Waals surface area contributed by atoms with Gasteiger partial charge in [0.25, 0.3) is 0 Å². The van der Waals surface area contributed by atoms with E-state index in [0.29, 0.717) is 13.2 Å². The minimum absolute atomic E-state index is 0.00519. The van der Waals surface area contributed by atoms with Crippen molar-refractivity contribution in [3.05, 3.63) is 0 Å². The quantitative estimate of drug-likeness (QED) is 0.624. The molecule has 0 saturated carbocycles. The highest BCUT2D eigenvalue weighted by molar-refractivity contribution is 6.01. The van der Waals surface area contributed by atoms with Gasteiger partial charge in [-0.05, 0) is 6.54 Å². The molecule has 1 fully saturated rings. The predicted octanol–water partition coefficient (Wildman–Crippen LogP) is -0.495. The molecule has 92 valence electrons. The molecule has 1 aliphatic heterocycles. The summed E-state index contributed by atoms with van der Waals surface area (Å²) in [7, 11) is 3.23. The second-order valence-corrected chi connectivity index (χ2v) is 3.85. The van der Waals surface area contributed by atoms with E-state index in [4.69, 9.17) is 4.74 Å². The molecule has 1 saturated heterocycles. The fourth-order valence-corrected chi connectivity index (χ4v) is 1.73. The maximum Gasteiger partial charge on any atom is 0.327 e. The molecule has 1 atom stereocenters. The third-order valence-electron chi connectivity index (χ3n) is 2.49. The van der Waals surface area contributed by atoms with Crippen molar-refractivity contribution in [1.29, 1.82) is 0 Å². The number of ether oxygens (including phenoxy) is 1. The zero-order valence-electron chi connectivity index (χ0n) is 10.0. The molecule has 0 radical (unpaired) electrons. The van der Waals surface area contributed by atoms with Gasteiger partial charge in [-0.3, -0.25) is 9.69 Å². The Morgan fingerprint density at radius 2 is 2.19 bits per heavy atom. The molecule has 1 unspecified atom stereocenters. The highest BCUT2D eigenvalue weighted by atomic mass is 16.5. The minimum Gasteiger partial charge on any atom is -0.383 e. The lowest BCUT2D eigenvalue weighted by atomic mass is 10.3. The zero-order chi connectivity index (χ0) is 12.1. The number of likely N-dealkylation sites (N-methyl/N-ethyl adjacent to an activating group) is 2. The number of urea groups is 1. The Morgan fingerprint density at radius 3 is 2.62 bits per heavy atom. The maximum atomic E-state index is 11.6. The summed E-state index contributed by atoms with van der Waals surface area (Å²) in [4.78, 5) is 25.8. The van der Waals surface area contributed by atoms with Gasteiger partial charge in [-0.25, -0.2) is 4.79 Å². The molecular formula is C10H19N3O3. The largest absolute Gasteiger partial charge is 0.383 e. The van der Waals surface area contributed by atoms with Crippen molar-refractivity contribution in [2.24, 2.45) is 0 Å². The van der Waals surface area contributed by atoms with E-state index >= 15 is 0 Å². The van der Waals surface area contributed by atoms with Crippen molar-refractivity contribution >= 4 is 11.9 Å². The van der Waals surface area contributed by atoms with Crippen molar-refractivity contribution in [3.8, 4) is 0 Å². The Hall–Kier alpha value is -1.14. The SMILES string of the molecule is CCNC(COC)CN1C(=O)CN(C)C1=O. The Kier molecular flexibility index (Phi) is 4.70. The van der Waals surface area contributed by atoms with E-state index in [1.54, 1.807) is 14.2 Å². The van der Waals surface area contributed by atoms with Crippen LogP contribution < -0.4 is 5.32 Å². The summed E-state index contributed by atoms with van der Waals surface area (Å²) in [5, 5.41) is 3.18. The standard InChI is InChI=1S/C10H19N3O3/c1-4-11-8(7-16-3)5-13-9(14)6-12(2)10(13)15/h8,11H,4-7H2,1-3H3. The number of methoxy groups -OCH3 is 1. The monoisotopic (exact) mass is 229 g/mol. The van der Waals surface area contributed by atoms with Crippen LogP contribution in [-0.4, -0.2) is 68.2 Å². The molecule has 1 rings (SSSR count). The molecule has 0 spiro atoms. The van der Waals surface area contributed by atoms with Gasteiger partial charge in [0.15, 0.2) is 0 Å². The summed E-state index contributed by atoms with van der Waals surface area (Å²) in [6.07, 6.45) is 0. The number of hydrogen-bond acceptors (Lipinski definition) is 4. The average Bonchev–Trinajstić information content (AvgIpc) is 2.46. The molecular weight excluding hydrogens is 210 g/mol. The van der Waals surface area contributed by atoms with Crippen molar-refractivity contribution in [1.82, 2.24) is 15.1 Å². The van der Waals surface area contributed by atoms with Gasteiger partial charge in [-0.15, -0.1) is 0 Å². The number of nitrogens with one attached hydrogen (secondary N) is 1. The summed E-state index contributed by atoms with van der Waals surface area (Å²) in [6.45, 7) is 3.77. The normalized spacial score (nSPS) is 18.4. The molecule has 0 aliphatic carbocycles. The van der Waals surface area contributed by atoms with Crippen LogP contribution in [0, 0.1) is 0 Å². The summed E-state index contributed by atoms with van der Waals surface area (Å²) >= 11 is 0. The lowest BCUT2D eigenvalue weighted by Gasteiger charge is -2.22. The molecule has 1 aliphatic rings. The molecule has 1 heterocycles. The second-order valence-electron chi connectivity index (χ2n) is 3.85. The van der Waals surface area contributed by atoms with Gasteiger partial charge < -0.3 is 15.0 Å². The Balaban J connectivity index is 2.56. The Labute approximate surface area is 95.5 Å². The molecule has 0 bridgehead atoms. The van der Waals surface area contributed by atoms with Gasteiger partial charge in [-0.1, -0.05) is 6.92 Å². The fourth-order valence-electron chi connectivity index (χ4n) is 1.73. The highest BCUT2D eigenvalue weighted by Crippen LogP contribution is 2.08. The minimum atomic E-state index is -0.232. The van der Waals surface area contributed by atoms with E-state index < -0.39 is 0 Å². The molecule has 6 heteroatoms. The van der Waals surface area contributed by atoms with Crippen LogP contribution in [0.3, 0.4) is 0 Å². The lowest BCUT2D eigenvalue weighted by molar-refractivity contribution is -0.125. The van der Waals surface area contributed by atoms with Crippen LogP contribution in [-0.2, 0) is 9.53 Å². The smallest absolute Gasteiger partial charge is 0.327 e. The summed E-state index contributed by atoms with van der Waals surface area (Å²) in [5.74, 6) is -0.147. The van der Waals surface area contributed by atoms with Crippen LogP contribution in [0.1, 0.15) is 6.92 Å². The van der Waals surface area contributed by atoms with Gasteiger partial charge in [0.05, 0.1) is 6.61 Å². The molecule has 16 heavy (non-hydrogen) atoms. The van der Waals surface area contributed by atoms with Gasteiger partial charge in [0.2, 0.25) is 5.91 Å². The Bertz CT molecular complexity index is 264. The lowest BCUT2D eigenvalue weighted by Crippen LogP contribution is -2.46. The summed E-state index contributed by atoms with van der Waals surface area (Å²) in [5.41, 5.74) is 0. The average molecular weight is 229 g/mol. The van der Waals surface area contributed by atoms with E-state index in [9.17, 15) is 9.59 Å². The van der Waals surface area contributed by atoms with Crippen LogP contribution in [0.5, 0.6) is 0 Å². The number of carbonyl (C=O) groups excluding carboxylic acids is 2. The van der Waals surface area contributed by atoms with E-state index in [1.807, 2.05) is 6.92 Å². The van der Waals surface area contributed by atoms with E-state index in [-0.39, 0.29) is 24.5 Å². The first kappa shape index (κ1) is 12.9. The number of carbonyl (C=O) groups is 2. The Morgan fingerprint density at radius 1 is 1.50 bits per heavy atom. The van der Waals surface area contributed by atoms with Crippen LogP contribution in [0.15, 0.2) is 0 Å². The van der Waals surface area contributed by atoms with Crippen LogP contribution in [0.25, 0.3) is 0 Å². The van der Waals surface area contributed by atoms with Crippen molar-refractivity contribution in [2.45, 2.75) is 13.0 Å². The topological polar surface area (TPSA) is 61.9 Å². The summed E-state index contributed by atoms with van der Waals surface area (Å²) in [6, 6.07) is -0.238. The van der Waals surface area contributed by atoms with Crippen molar-refractivity contribution in [2.75, 3.05) is 40.4 Å². The first-order valence-corrected chi connectivity index (χ1v) is 5.38. The third-order valence-corrected chi connectivity index (χ3v) is 2.49. The number of nitrogens with zero attached hydrogens (tertiary/aromatic N) is 2. The molecule has 1 N–H and O–H groups in total. The van der Waals surface area contributed by atoms with Gasteiger partial charge in [0.1, 0.15) is 6.54 Å². The molecule has 0 aromatic heterocycles. The molecule has 0 aromatic carbocycles. The van der Waals surface area contributed by atoms with Crippen LogP contribution in [0.4, 0.5) is 4.79 Å². The summed E-state index contributed by atoms with van der Waals surface area (Å²) < 4.78 is 5.04. The second kappa shape index (κ2) is 5.81. The molecule has 6 nitrogen and oxygen atoms in total. The van der Waals surface area contributed by atoms with E-state index in [2.05, 4.69) is 5.32 Å². The highest BCUT2D eigenvalue weighted by Gasteiger charge is 2.34. The van der Waals surface area contributed by atoms with E-state index in [1.165, 1.54) is 9.80 Å². The van der Waals surface area contributed by atoms with Crippen molar-refractivity contribution < 1.29 is 14.3 Å². The van der Waals surface area contributed by atoms with Crippen LogP contribution >= 0.6 is 0 Å². The van der Waals surface area contributed by atoms with Crippen LogP contribution in [0.2, 0.25) is 0 Å². The predicted molar refractivity (Wildman–Crippen MR) is 59.1 cm³/mol. The number of amides is 3. The van der Waals surface area contributed by atoms with Gasteiger partial charge in [-0.2, -0.15) is 0 Å². The first-order valence-electron chi connectivity index (χ1n) is 5.38. The van der Waals surface area contributed by atoms with Gasteiger partial charge >= 0.3 is 6.03 Å². The zero-order valence-corrected chi connectivity index (χ0v) is 10.0. The van der Waals surface area contributed by atoms with Crippen molar-refractivity contribution in [3.63, 3.8) is 0 Å². The molecule has 3 amide bonds. The first-order chi connectivity index (χ1) is 7.60. The third kappa shape index (κ3) is 2.93.